The molecule has 1 aromatic rings. The molecule has 0 saturated carbocycles. The summed E-state index contributed by atoms with van der Waals surface area (Å²) in [5.74, 6) is -1.64. The van der Waals surface area contributed by atoms with Gasteiger partial charge in [-0.05, 0) is 30.9 Å². The highest BCUT2D eigenvalue weighted by Crippen LogP contribution is 2.22. The molecule has 2 N–H and O–H groups in total. The van der Waals surface area contributed by atoms with Gasteiger partial charge >= 0.3 is 0 Å². The summed E-state index contributed by atoms with van der Waals surface area (Å²) < 4.78 is 32.3. The molecule has 1 saturated heterocycles. The molecule has 1 aliphatic heterocycles. The molecule has 1 fully saturated rings. The molecular formula is C15H20F2N2O2. The zero-order chi connectivity index (χ0) is 15.2. The molecule has 2 unspecified atom stereocenters. The second kappa shape index (κ2) is 7.47. The number of hydrogen-bond acceptors (Lipinski definition) is 3. The molecule has 1 aliphatic rings. The van der Waals surface area contributed by atoms with Gasteiger partial charge in [-0.2, -0.15) is 0 Å². The Kier molecular flexibility index (Phi) is 5.64. The van der Waals surface area contributed by atoms with E-state index in [1.807, 2.05) is 0 Å². The van der Waals surface area contributed by atoms with Gasteiger partial charge in [0, 0.05) is 13.2 Å². The number of nitrogens with one attached hydrogen (secondary N) is 2. The number of benzene rings is 1. The average molecular weight is 298 g/mol. The van der Waals surface area contributed by atoms with Crippen LogP contribution in [-0.4, -0.2) is 31.7 Å². The fraction of sp³-hybridized carbons (Fsp3) is 0.533. The van der Waals surface area contributed by atoms with Gasteiger partial charge in [-0.15, -0.1) is 0 Å². The third-order valence-corrected chi connectivity index (χ3v) is 3.67. The molecule has 6 heteroatoms. The van der Waals surface area contributed by atoms with E-state index in [0.717, 1.165) is 31.6 Å². The highest BCUT2D eigenvalue weighted by atomic mass is 19.1. The predicted octanol–water partition coefficient (Wildman–Crippen LogP) is 2.31. The van der Waals surface area contributed by atoms with Gasteiger partial charge in [0.05, 0.1) is 12.6 Å². The van der Waals surface area contributed by atoms with Crippen molar-refractivity contribution in [3.8, 4) is 0 Å². The van der Waals surface area contributed by atoms with Crippen LogP contribution in [0.5, 0.6) is 0 Å². The minimum Gasteiger partial charge on any atom is -0.378 e. The number of halogens is 2. The van der Waals surface area contributed by atoms with Crippen LogP contribution in [0.2, 0.25) is 0 Å². The van der Waals surface area contributed by atoms with Crippen LogP contribution in [0.1, 0.15) is 19.8 Å². The quantitative estimate of drug-likeness (QED) is 0.847. The van der Waals surface area contributed by atoms with Gasteiger partial charge in [0.25, 0.3) is 0 Å². The van der Waals surface area contributed by atoms with Crippen molar-refractivity contribution in [2.45, 2.75) is 25.9 Å². The van der Waals surface area contributed by atoms with Crippen LogP contribution in [-0.2, 0) is 9.53 Å². The highest BCUT2D eigenvalue weighted by molar-refractivity contribution is 5.92. The van der Waals surface area contributed by atoms with Gasteiger partial charge in [0.2, 0.25) is 5.91 Å². The van der Waals surface area contributed by atoms with Crippen LogP contribution in [0.15, 0.2) is 18.2 Å². The third kappa shape index (κ3) is 4.22. The van der Waals surface area contributed by atoms with Gasteiger partial charge in [-0.1, -0.05) is 13.0 Å². The van der Waals surface area contributed by atoms with E-state index in [0.29, 0.717) is 12.5 Å². The van der Waals surface area contributed by atoms with Gasteiger partial charge in [-0.3, -0.25) is 4.79 Å². The highest BCUT2D eigenvalue weighted by Gasteiger charge is 2.26. The smallest absolute Gasteiger partial charge is 0.238 e. The molecule has 0 aromatic heterocycles. The van der Waals surface area contributed by atoms with E-state index in [1.165, 1.54) is 6.07 Å². The largest absolute Gasteiger partial charge is 0.378 e. The lowest BCUT2D eigenvalue weighted by molar-refractivity contribution is -0.115. The maximum Gasteiger partial charge on any atom is 0.238 e. The molecule has 21 heavy (non-hydrogen) atoms. The van der Waals surface area contributed by atoms with E-state index in [1.54, 1.807) is 0 Å². The SMILES string of the molecule is CCC1OCCC1CNCC(=O)Nc1c(F)cccc1F. The van der Waals surface area contributed by atoms with E-state index in [2.05, 4.69) is 17.6 Å². The van der Waals surface area contributed by atoms with Crippen LogP contribution < -0.4 is 10.6 Å². The molecule has 0 radical (unpaired) electrons. The molecule has 0 aliphatic carbocycles. The van der Waals surface area contributed by atoms with Crippen LogP contribution in [0, 0.1) is 17.6 Å². The predicted molar refractivity (Wildman–Crippen MR) is 76.0 cm³/mol. The Labute approximate surface area is 122 Å². The number of para-hydroxylation sites is 1. The summed E-state index contributed by atoms with van der Waals surface area (Å²) in [5, 5.41) is 5.26. The summed E-state index contributed by atoms with van der Waals surface area (Å²) in [6.45, 7) is 3.49. The molecule has 1 heterocycles. The maximum atomic E-state index is 13.4. The Hall–Kier alpha value is -1.53. The van der Waals surface area contributed by atoms with Crippen molar-refractivity contribution in [1.82, 2.24) is 5.32 Å². The summed E-state index contributed by atoms with van der Waals surface area (Å²) in [5.41, 5.74) is -0.403. The normalized spacial score (nSPS) is 21.5. The second-order valence-electron chi connectivity index (χ2n) is 5.14. The molecule has 0 bridgehead atoms. The van der Waals surface area contributed by atoms with E-state index in [4.69, 9.17) is 4.74 Å². The summed E-state index contributed by atoms with van der Waals surface area (Å²) in [7, 11) is 0. The van der Waals surface area contributed by atoms with Crippen LogP contribution in [0.25, 0.3) is 0 Å². The molecular weight excluding hydrogens is 278 g/mol. The average Bonchev–Trinajstić information content (AvgIpc) is 2.90. The van der Waals surface area contributed by atoms with Crippen molar-refractivity contribution >= 4 is 11.6 Å². The van der Waals surface area contributed by atoms with Crippen molar-refractivity contribution < 1.29 is 18.3 Å². The van der Waals surface area contributed by atoms with Crippen molar-refractivity contribution in [2.24, 2.45) is 5.92 Å². The minimum atomic E-state index is -0.779. The molecule has 116 valence electrons. The topological polar surface area (TPSA) is 50.4 Å². The first-order chi connectivity index (χ1) is 10.1. The van der Waals surface area contributed by atoms with Crippen LogP contribution in [0.4, 0.5) is 14.5 Å². The molecule has 2 atom stereocenters. The Balaban J connectivity index is 1.77. The number of carbonyl (C=O) groups excluding carboxylic acids is 1. The molecule has 2 rings (SSSR count). The fourth-order valence-electron chi connectivity index (χ4n) is 2.55. The summed E-state index contributed by atoms with van der Waals surface area (Å²) >= 11 is 0. The van der Waals surface area contributed by atoms with Crippen molar-refractivity contribution in [2.75, 3.05) is 25.0 Å². The summed E-state index contributed by atoms with van der Waals surface area (Å²) in [4.78, 5) is 11.7. The van der Waals surface area contributed by atoms with E-state index in [9.17, 15) is 13.6 Å². The third-order valence-electron chi connectivity index (χ3n) is 3.67. The second-order valence-corrected chi connectivity index (χ2v) is 5.14. The van der Waals surface area contributed by atoms with Crippen molar-refractivity contribution in [1.29, 1.82) is 0 Å². The van der Waals surface area contributed by atoms with Crippen molar-refractivity contribution in [3.05, 3.63) is 29.8 Å². The first-order valence-electron chi connectivity index (χ1n) is 7.18. The lowest BCUT2D eigenvalue weighted by Gasteiger charge is -2.17. The first kappa shape index (κ1) is 15.9. The number of anilines is 1. The van der Waals surface area contributed by atoms with Crippen LogP contribution in [0.3, 0.4) is 0 Å². The van der Waals surface area contributed by atoms with Crippen molar-refractivity contribution in [3.63, 3.8) is 0 Å². The van der Waals surface area contributed by atoms with Gasteiger partial charge < -0.3 is 15.4 Å². The number of hydrogen-bond donors (Lipinski definition) is 2. The zero-order valence-electron chi connectivity index (χ0n) is 12.0. The molecule has 0 spiro atoms. The first-order valence-corrected chi connectivity index (χ1v) is 7.18. The number of amides is 1. The Morgan fingerprint density at radius 1 is 1.38 bits per heavy atom. The zero-order valence-corrected chi connectivity index (χ0v) is 12.0. The lowest BCUT2D eigenvalue weighted by atomic mass is 10.00. The summed E-state index contributed by atoms with van der Waals surface area (Å²) in [6.07, 6.45) is 2.14. The van der Waals surface area contributed by atoms with Gasteiger partial charge in [0.15, 0.2) is 0 Å². The monoisotopic (exact) mass is 298 g/mol. The van der Waals surface area contributed by atoms with Gasteiger partial charge in [-0.25, -0.2) is 8.78 Å². The summed E-state index contributed by atoms with van der Waals surface area (Å²) in [6, 6.07) is 3.46. The van der Waals surface area contributed by atoms with Crippen LogP contribution >= 0.6 is 0 Å². The number of ether oxygens (including phenoxy) is 1. The van der Waals surface area contributed by atoms with E-state index in [-0.39, 0.29) is 12.6 Å². The Morgan fingerprint density at radius 2 is 2.10 bits per heavy atom. The molecule has 1 amide bonds. The van der Waals surface area contributed by atoms with E-state index < -0.39 is 23.2 Å². The van der Waals surface area contributed by atoms with Gasteiger partial charge in [0.1, 0.15) is 17.3 Å². The fourth-order valence-corrected chi connectivity index (χ4v) is 2.55. The maximum absolute atomic E-state index is 13.4. The number of rotatable bonds is 6. The Morgan fingerprint density at radius 3 is 2.76 bits per heavy atom. The minimum absolute atomic E-state index is 0.0146. The van der Waals surface area contributed by atoms with E-state index >= 15 is 0 Å². The molecule has 1 aromatic carbocycles. The standard InChI is InChI=1S/C15H20F2N2O2/c1-2-13-10(6-7-21-13)8-18-9-14(20)19-15-11(16)4-3-5-12(15)17/h3-5,10,13,18H,2,6-9H2,1H3,(H,19,20). The molecule has 4 nitrogen and oxygen atoms in total. The number of carbonyl (C=O) groups is 1. The Bertz CT molecular complexity index is 476. The lowest BCUT2D eigenvalue weighted by Crippen LogP contribution is -2.34.